The highest BCUT2D eigenvalue weighted by Gasteiger charge is 2.10. The monoisotopic (exact) mass is 264 g/mol. The van der Waals surface area contributed by atoms with Crippen LogP contribution in [0.5, 0.6) is 0 Å². The lowest BCUT2D eigenvalue weighted by atomic mass is 10.0. The van der Waals surface area contributed by atoms with Gasteiger partial charge in [-0.3, -0.25) is 4.99 Å². The summed E-state index contributed by atoms with van der Waals surface area (Å²) in [5.41, 5.74) is 1.29. The molecule has 1 aromatic heterocycles. The Bertz CT molecular complexity index is 391. The third kappa shape index (κ3) is 4.62. The van der Waals surface area contributed by atoms with Gasteiger partial charge in [-0.15, -0.1) is 0 Å². The lowest BCUT2D eigenvalue weighted by molar-refractivity contribution is 0.433. The molecule has 0 fully saturated rings. The second-order valence-corrected chi connectivity index (χ2v) is 5.08. The lowest BCUT2D eigenvalue weighted by Crippen LogP contribution is -2.40. The Morgan fingerprint density at radius 1 is 1.42 bits per heavy atom. The van der Waals surface area contributed by atoms with E-state index in [-0.39, 0.29) is 0 Å². The van der Waals surface area contributed by atoms with E-state index in [1.165, 1.54) is 18.5 Å². The summed E-state index contributed by atoms with van der Waals surface area (Å²) in [6.45, 7) is 6.35. The number of nitrogens with zero attached hydrogens (tertiary/aromatic N) is 3. The van der Waals surface area contributed by atoms with Crippen LogP contribution in [0.2, 0.25) is 0 Å². The van der Waals surface area contributed by atoms with Gasteiger partial charge in [0.25, 0.3) is 0 Å². The number of hydrogen-bond acceptors (Lipinski definition) is 1. The number of guanidine groups is 1. The van der Waals surface area contributed by atoms with Crippen LogP contribution in [0.25, 0.3) is 0 Å². The Morgan fingerprint density at radius 2 is 2.11 bits per heavy atom. The molecule has 0 aliphatic carbocycles. The van der Waals surface area contributed by atoms with E-state index in [1.54, 1.807) is 0 Å². The van der Waals surface area contributed by atoms with Gasteiger partial charge in [-0.25, -0.2) is 0 Å². The van der Waals surface area contributed by atoms with Crippen LogP contribution in [-0.2, 0) is 13.6 Å². The number of hydrogen-bond donors (Lipinski definition) is 1. The van der Waals surface area contributed by atoms with E-state index < -0.39 is 0 Å². The van der Waals surface area contributed by atoms with E-state index in [2.05, 4.69) is 66.0 Å². The van der Waals surface area contributed by atoms with Gasteiger partial charge in [0.1, 0.15) is 0 Å². The molecule has 0 aliphatic rings. The normalized spacial score (nSPS) is 12.0. The second-order valence-electron chi connectivity index (χ2n) is 5.08. The standard InChI is InChI=1S/C15H28N4/c1-6-13(7-2)11-17-15(16-3)19(5)12-14-9-8-10-18(14)4/h8-10,13H,6-7,11-12H2,1-5H3,(H,16,17). The molecule has 1 aromatic rings. The maximum Gasteiger partial charge on any atom is 0.193 e. The van der Waals surface area contributed by atoms with E-state index in [9.17, 15) is 0 Å². The number of aryl methyl sites for hydroxylation is 1. The minimum absolute atomic E-state index is 0.722. The summed E-state index contributed by atoms with van der Waals surface area (Å²) >= 11 is 0. The Hall–Kier alpha value is -1.45. The Kier molecular flexibility index (Phi) is 6.46. The maximum atomic E-state index is 4.36. The summed E-state index contributed by atoms with van der Waals surface area (Å²) in [4.78, 5) is 6.53. The van der Waals surface area contributed by atoms with Crippen LogP contribution < -0.4 is 5.32 Å². The molecule has 1 heterocycles. The van der Waals surface area contributed by atoms with Gasteiger partial charge in [0.05, 0.1) is 6.54 Å². The van der Waals surface area contributed by atoms with Gasteiger partial charge in [0.15, 0.2) is 5.96 Å². The van der Waals surface area contributed by atoms with Gasteiger partial charge in [0, 0.05) is 39.6 Å². The molecule has 0 aliphatic heterocycles. The fraction of sp³-hybridized carbons (Fsp3) is 0.667. The number of nitrogens with one attached hydrogen (secondary N) is 1. The van der Waals surface area contributed by atoms with Crippen molar-refractivity contribution in [3.63, 3.8) is 0 Å². The average molecular weight is 264 g/mol. The smallest absolute Gasteiger partial charge is 0.193 e. The van der Waals surface area contributed by atoms with Gasteiger partial charge < -0.3 is 14.8 Å². The van der Waals surface area contributed by atoms with Crippen LogP contribution >= 0.6 is 0 Å². The van der Waals surface area contributed by atoms with Crippen LogP contribution in [0.15, 0.2) is 23.3 Å². The van der Waals surface area contributed by atoms with Crippen LogP contribution in [0, 0.1) is 5.92 Å². The lowest BCUT2D eigenvalue weighted by Gasteiger charge is -2.24. The third-order valence-electron chi connectivity index (χ3n) is 3.73. The fourth-order valence-corrected chi connectivity index (χ4v) is 2.18. The molecule has 0 amide bonds. The molecule has 19 heavy (non-hydrogen) atoms. The summed E-state index contributed by atoms with van der Waals surface area (Å²) < 4.78 is 2.14. The first-order valence-corrected chi connectivity index (χ1v) is 7.14. The van der Waals surface area contributed by atoms with Crippen LogP contribution in [0.1, 0.15) is 32.4 Å². The topological polar surface area (TPSA) is 32.6 Å². The van der Waals surface area contributed by atoms with Crippen molar-refractivity contribution < 1.29 is 0 Å². The first kappa shape index (κ1) is 15.6. The molecular weight excluding hydrogens is 236 g/mol. The highest BCUT2D eigenvalue weighted by atomic mass is 15.3. The van der Waals surface area contributed by atoms with Gasteiger partial charge in [-0.2, -0.15) is 0 Å². The van der Waals surface area contributed by atoms with Crippen molar-refractivity contribution in [2.75, 3.05) is 20.6 Å². The first-order chi connectivity index (χ1) is 9.12. The molecule has 1 rings (SSSR count). The zero-order chi connectivity index (χ0) is 14.3. The molecule has 108 valence electrons. The van der Waals surface area contributed by atoms with Crippen LogP contribution in [-0.4, -0.2) is 36.1 Å². The van der Waals surface area contributed by atoms with Gasteiger partial charge in [0.2, 0.25) is 0 Å². The highest BCUT2D eigenvalue weighted by Crippen LogP contribution is 2.07. The van der Waals surface area contributed by atoms with Crippen molar-refractivity contribution in [3.8, 4) is 0 Å². The van der Waals surface area contributed by atoms with Crippen molar-refractivity contribution in [2.45, 2.75) is 33.2 Å². The van der Waals surface area contributed by atoms with Crippen molar-refractivity contribution in [2.24, 2.45) is 18.0 Å². The van der Waals surface area contributed by atoms with E-state index >= 15 is 0 Å². The zero-order valence-electron chi connectivity index (χ0n) is 13.0. The molecule has 0 bridgehead atoms. The summed E-state index contributed by atoms with van der Waals surface area (Å²) in [5.74, 6) is 1.69. The number of aliphatic imine (C=N–C) groups is 1. The molecule has 0 unspecified atom stereocenters. The van der Waals surface area contributed by atoms with E-state index in [4.69, 9.17) is 0 Å². The van der Waals surface area contributed by atoms with Crippen molar-refractivity contribution in [1.29, 1.82) is 0 Å². The molecule has 0 spiro atoms. The molecule has 0 saturated carbocycles. The van der Waals surface area contributed by atoms with Crippen molar-refractivity contribution in [1.82, 2.24) is 14.8 Å². The number of rotatable bonds is 6. The molecule has 0 radical (unpaired) electrons. The summed E-state index contributed by atoms with van der Waals surface area (Å²) in [7, 11) is 6.00. The predicted octanol–water partition coefficient (Wildman–Crippen LogP) is 2.47. The van der Waals surface area contributed by atoms with E-state index in [0.717, 1.165) is 25.0 Å². The largest absolute Gasteiger partial charge is 0.356 e. The number of aromatic nitrogens is 1. The highest BCUT2D eigenvalue weighted by molar-refractivity contribution is 5.79. The summed E-state index contributed by atoms with van der Waals surface area (Å²) in [6.07, 6.45) is 4.49. The minimum Gasteiger partial charge on any atom is -0.356 e. The van der Waals surface area contributed by atoms with Crippen molar-refractivity contribution >= 4 is 5.96 Å². The van der Waals surface area contributed by atoms with E-state index in [1.807, 2.05) is 7.05 Å². The molecule has 0 aromatic carbocycles. The quantitative estimate of drug-likeness (QED) is 0.632. The van der Waals surface area contributed by atoms with Gasteiger partial charge >= 0.3 is 0 Å². The van der Waals surface area contributed by atoms with Crippen LogP contribution in [0.3, 0.4) is 0 Å². The summed E-state index contributed by atoms with van der Waals surface area (Å²) in [6, 6.07) is 4.22. The Labute approximate surface area is 117 Å². The zero-order valence-corrected chi connectivity index (χ0v) is 13.0. The fourth-order valence-electron chi connectivity index (χ4n) is 2.18. The SMILES string of the molecule is CCC(CC)CNC(=NC)N(C)Cc1cccn1C. The maximum absolute atomic E-state index is 4.36. The molecule has 0 saturated heterocycles. The molecule has 0 atom stereocenters. The Morgan fingerprint density at radius 3 is 2.58 bits per heavy atom. The van der Waals surface area contributed by atoms with E-state index in [0.29, 0.717) is 0 Å². The minimum atomic E-state index is 0.722. The van der Waals surface area contributed by atoms with Crippen LogP contribution in [0.4, 0.5) is 0 Å². The average Bonchev–Trinajstić information content (AvgIpc) is 2.80. The van der Waals surface area contributed by atoms with Gasteiger partial charge in [-0.1, -0.05) is 26.7 Å². The molecular formula is C15H28N4. The molecule has 4 heteroatoms. The summed E-state index contributed by atoms with van der Waals surface area (Å²) in [5, 5.41) is 3.47. The first-order valence-electron chi connectivity index (χ1n) is 7.14. The van der Waals surface area contributed by atoms with Crippen molar-refractivity contribution in [3.05, 3.63) is 24.0 Å². The van der Waals surface area contributed by atoms with Gasteiger partial charge in [-0.05, 0) is 18.1 Å². The third-order valence-corrected chi connectivity index (χ3v) is 3.73. The second kappa shape index (κ2) is 7.87. The molecule has 4 nitrogen and oxygen atoms in total. The Balaban J connectivity index is 2.53. The molecule has 1 N–H and O–H groups in total. The predicted molar refractivity (Wildman–Crippen MR) is 82.3 cm³/mol.